The van der Waals surface area contributed by atoms with Gasteiger partial charge in [-0.2, -0.15) is 0 Å². The van der Waals surface area contributed by atoms with Crippen molar-refractivity contribution in [2.24, 2.45) is 0 Å². The molecule has 1 saturated carbocycles. The summed E-state index contributed by atoms with van der Waals surface area (Å²) in [6.45, 7) is 0. The number of hydrogen-bond acceptors (Lipinski definition) is 4. The molecule has 1 aromatic rings. The summed E-state index contributed by atoms with van der Waals surface area (Å²) >= 11 is 0. The molecule has 5 nitrogen and oxygen atoms in total. The van der Waals surface area contributed by atoms with Gasteiger partial charge in [0, 0.05) is 0 Å². The third-order valence-corrected chi connectivity index (χ3v) is 2.31. The predicted octanol–water partition coefficient (Wildman–Crippen LogP) is 0.710. The fraction of sp³-hybridized carbons (Fsp3) is 0.556. The number of nitrogens with zero attached hydrogens (tertiary/aromatic N) is 1. The summed E-state index contributed by atoms with van der Waals surface area (Å²) in [6, 6.07) is 0. The second-order valence-electron chi connectivity index (χ2n) is 3.24. The molecule has 0 amide bonds. The Hall–Kier alpha value is -1.52. The maximum Gasteiger partial charge on any atom is 0.297 e. The molecule has 0 spiro atoms. The number of nitrogens with one attached hydrogen (secondary N) is 1. The summed E-state index contributed by atoms with van der Waals surface area (Å²) in [7, 11) is 1.43. The van der Waals surface area contributed by atoms with E-state index in [2.05, 4.69) is 9.97 Å². The minimum Gasteiger partial charge on any atom is -0.487 e. The first-order valence-electron chi connectivity index (χ1n) is 4.59. The van der Waals surface area contributed by atoms with Gasteiger partial charge in [0.15, 0.2) is 0 Å². The largest absolute Gasteiger partial charge is 0.487 e. The Morgan fingerprint density at radius 1 is 1.57 bits per heavy atom. The molecule has 1 N–H and O–H groups in total. The van der Waals surface area contributed by atoms with Gasteiger partial charge >= 0.3 is 0 Å². The number of ether oxygens (including phenoxy) is 2. The average Bonchev–Trinajstić information content (AvgIpc) is 2.11. The van der Waals surface area contributed by atoms with E-state index in [0.29, 0.717) is 5.88 Å². The molecule has 0 bridgehead atoms. The molecule has 76 valence electrons. The first kappa shape index (κ1) is 9.05. The number of H-pyrrole nitrogens is 1. The summed E-state index contributed by atoms with van der Waals surface area (Å²) in [4.78, 5) is 17.6. The van der Waals surface area contributed by atoms with Crippen LogP contribution >= 0.6 is 0 Å². The second kappa shape index (κ2) is 3.69. The summed E-state index contributed by atoms with van der Waals surface area (Å²) in [6.07, 6.45) is 4.74. The van der Waals surface area contributed by atoms with Crippen LogP contribution in [0.15, 0.2) is 11.1 Å². The van der Waals surface area contributed by atoms with Gasteiger partial charge in [-0.1, -0.05) is 0 Å². The normalized spacial score (nSPS) is 16.1. The fourth-order valence-electron chi connectivity index (χ4n) is 1.28. The van der Waals surface area contributed by atoms with E-state index in [1.807, 2.05) is 0 Å². The molecule has 0 aliphatic heterocycles. The maximum atomic E-state index is 11.3. The van der Waals surface area contributed by atoms with Gasteiger partial charge in [-0.3, -0.25) is 4.79 Å². The standard InChI is InChI=1S/C9H12N2O3/c1-13-7-8(12)10-5-11-9(7)14-6-3-2-4-6/h5-6H,2-4H2,1H3,(H,10,11,12). The highest BCUT2D eigenvalue weighted by atomic mass is 16.5. The Morgan fingerprint density at radius 2 is 2.36 bits per heavy atom. The monoisotopic (exact) mass is 196 g/mol. The van der Waals surface area contributed by atoms with E-state index in [1.54, 1.807) is 0 Å². The van der Waals surface area contributed by atoms with Crippen LogP contribution in [0.3, 0.4) is 0 Å². The van der Waals surface area contributed by atoms with Crippen LogP contribution in [0.2, 0.25) is 0 Å². The highest BCUT2D eigenvalue weighted by Crippen LogP contribution is 2.27. The Morgan fingerprint density at radius 3 is 2.93 bits per heavy atom. The second-order valence-corrected chi connectivity index (χ2v) is 3.24. The van der Waals surface area contributed by atoms with Gasteiger partial charge in [-0.15, -0.1) is 0 Å². The van der Waals surface area contributed by atoms with Crippen molar-refractivity contribution in [2.75, 3.05) is 7.11 Å². The van der Waals surface area contributed by atoms with Crippen molar-refractivity contribution in [2.45, 2.75) is 25.4 Å². The van der Waals surface area contributed by atoms with Crippen molar-refractivity contribution in [1.82, 2.24) is 9.97 Å². The van der Waals surface area contributed by atoms with Crippen LogP contribution in [0.1, 0.15) is 19.3 Å². The van der Waals surface area contributed by atoms with Gasteiger partial charge in [-0.25, -0.2) is 4.98 Å². The molecule has 0 atom stereocenters. The molecule has 0 saturated heterocycles. The van der Waals surface area contributed by atoms with E-state index in [4.69, 9.17) is 9.47 Å². The Kier molecular flexibility index (Phi) is 2.39. The van der Waals surface area contributed by atoms with Gasteiger partial charge in [-0.05, 0) is 19.3 Å². The molecule has 0 radical (unpaired) electrons. The smallest absolute Gasteiger partial charge is 0.297 e. The van der Waals surface area contributed by atoms with Gasteiger partial charge < -0.3 is 14.5 Å². The molecular formula is C9H12N2O3. The van der Waals surface area contributed by atoms with Crippen LogP contribution in [0.4, 0.5) is 0 Å². The number of aromatic nitrogens is 2. The average molecular weight is 196 g/mol. The van der Waals surface area contributed by atoms with Gasteiger partial charge in [0.1, 0.15) is 6.10 Å². The van der Waals surface area contributed by atoms with Crippen molar-refractivity contribution in [3.05, 3.63) is 16.7 Å². The molecule has 14 heavy (non-hydrogen) atoms. The summed E-state index contributed by atoms with van der Waals surface area (Å²) in [5.74, 6) is 0.445. The molecular weight excluding hydrogens is 184 g/mol. The van der Waals surface area contributed by atoms with Crippen molar-refractivity contribution in [3.63, 3.8) is 0 Å². The third-order valence-electron chi connectivity index (χ3n) is 2.31. The molecule has 1 aliphatic carbocycles. The number of rotatable bonds is 3. The van der Waals surface area contributed by atoms with E-state index in [9.17, 15) is 4.79 Å². The molecule has 1 fully saturated rings. The lowest BCUT2D eigenvalue weighted by Crippen LogP contribution is -2.26. The molecule has 5 heteroatoms. The van der Waals surface area contributed by atoms with E-state index >= 15 is 0 Å². The lowest BCUT2D eigenvalue weighted by Gasteiger charge is -2.25. The zero-order valence-corrected chi connectivity index (χ0v) is 7.95. The summed E-state index contributed by atoms with van der Waals surface area (Å²) < 4.78 is 10.4. The van der Waals surface area contributed by atoms with Crippen molar-refractivity contribution in [1.29, 1.82) is 0 Å². The van der Waals surface area contributed by atoms with E-state index < -0.39 is 0 Å². The topological polar surface area (TPSA) is 64.2 Å². The van der Waals surface area contributed by atoms with E-state index in [1.165, 1.54) is 19.9 Å². The molecule has 0 unspecified atom stereocenters. The zero-order valence-electron chi connectivity index (χ0n) is 7.95. The number of hydrogen-bond donors (Lipinski definition) is 1. The van der Waals surface area contributed by atoms with E-state index in [-0.39, 0.29) is 17.4 Å². The van der Waals surface area contributed by atoms with Crippen LogP contribution in [0, 0.1) is 0 Å². The lowest BCUT2D eigenvalue weighted by molar-refractivity contribution is 0.109. The molecule has 1 aromatic heterocycles. The number of methoxy groups -OCH3 is 1. The Labute approximate surface area is 81.1 Å². The van der Waals surface area contributed by atoms with Gasteiger partial charge in [0.2, 0.25) is 5.75 Å². The minimum atomic E-state index is -0.308. The van der Waals surface area contributed by atoms with Crippen LogP contribution in [-0.4, -0.2) is 23.2 Å². The lowest BCUT2D eigenvalue weighted by atomic mass is 9.96. The fourth-order valence-corrected chi connectivity index (χ4v) is 1.28. The summed E-state index contributed by atoms with van der Waals surface area (Å²) in [5, 5.41) is 0. The van der Waals surface area contributed by atoms with Crippen molar-refractivity contribution >= 4 is 0 Å². The molecule has 2 rings (SSSR count). The van der Waals surface area contributed by atoms with Crippen molar-refractivity contribution < 1.29 is 9.47 Å². The molecule has 1 heterocycles. The van der Waals surface area contributed by atoms with Crippen LogP contribution in [0.5, 0.6) is 11.6 Å². The SMILES string of the molecule is COc1c(OC2CCC2)nc[nH]c1=O. The maximum absolute atomic E-state index is 11.3. The molecule has 1 aliphatic rings. The van der Waals surface area contributed by atoms with Crippen LogP contribution in [-0.2, 0) is 0 Å². The number of aromatic amines is 1. The van der Waals surface area contributed by atoms with Crippen LogP contribution < -0.4 is 15.0 Å². The highest BCUT2D eigenvalue weighted by molar-refractivity contribution is 5.29. The van der Waals surface area contributed by atoms with Crippen molar-refractivity contribution in [3.8, 4) is 11.6 Å². The first-order valence-corrected chi connectivity index (χ1v) is 4.59. The minimum absolute atomic E-state index is 0.152. The van der Waals surface area contributed by atoms with Gasteiger partial charge in [0.25, 0.3) is 11.4 Å². The quantitative estimate of drug-likeness (QED) is 0.773. The van der Waals surface area contributed by atoms with Crippen LogP contribution in [0.25, 0.3) is 0 Å². The highest BCUT2D eigenvalue weighted by Gasteiger charge is 2.22. The third kappa shape index (κ3) is 1.57. The van der Waals surface area contributed by atoms with Gasteiger partial charge in [0.05, 0.1) is 13.4 Å². The Bertz CT molecular complexity index is 371. The van der Waals surface area contributed by atoms with E-state index in [0.717, 1.165) is 12.8 Å². The first-order chi connectivity index (χ1) is 6.81. The molecule has 0 aromatic carbocycles. The predicted molar refractivity (Wildman–Crippen MR) is 49.7 cm³/mol. The Balaban J connectivity index is 2.22. The zero-order chi connectivity index (χ0) is 9.97. The summed E-state index contributed by atoms with van der Waals surface area (Å²) in [5.41, 5.74) is -0.308.